The van der Waals surface area contributed by atoms with Crippen molar-refractivity contribution >= 4 is 11.8 Å². The van der Waals surface area contributed by atoms with E-state index >= 15 is 0 Å². The van der Waals surface area contributed by atoms with E-state index < -0.39 is 6.04 Å². The van der Waals surface area contributed by atoms with Gasteiger partial charge in [0, 0.05) is 39.3 Å². The first-order valence-corrected chi connectivity index (χ1v) is 9.21. The lowest BCUT2D eigenvalue weighted by molar-refractivity contribution is -0.130. The Hall–Kier alpha value is -1.14. The fourth-order valence-electron chi connectivity index (χ4n) is 3.66. The lowest BCUT2D eigenvalue weighted by atomic mass is 9.89. The number of nitrogens with zero attached hydrogens (tertiary/aromatic N) is 1. The Balaban J connectivity index is 2.11. The molecular weight excluding hydrogens is 306 g/mol. The summed E-state index contributed by atoms with van der Waals surface area (Å²) in [5.74, 6) is 0.701. The van der Waals surface area contributed by atoms with Crippen LogP contribution >= 0.6 is 0 Å². The van der Waals surface area contributed by atoms with Crippen molar-refractivity contribution in [3.05, 3.63) is 0 Å². The van der Waals surface area contributed by atoms with Crippen LogP contribution in [0.2, 0.25) is 0 Å². The first-order valence-electron chi connectivity index (χ1n) is 9.21. The molecule has 2 rings (SSSR count). The third-order valence-corrected chi connectivity index (χ3v) is 4.67. The van der Waals surface area contributed by atoms with E-state index in [4.69, 9.17) is 4.74 Å². The van der Waals surface area contributed by atoms with Gasteiger partial charge in [0.2, 0.25) is 11.8 Å². The van der Waals surface area contributed by atoms with Crippen LogP contribution in [0.15, 0.2) is 0 Å². The van der Waals surface area contributed by atoms with Crippen LogP contribution in [0.5, 0.6) is 0 Å². The van der Waals surface area contributed by atoms with Crippen molar-refractivity contribution < 1.29 is 14.3 Å². The van der Waals surface area contributed by atoms with E-state index in [-0.39, 0.29) is 23.3 Å². The van der Waals surface area contributed by atoms with Crippen LogP contribution in [0.4, 0.5) is 0 Å². The molecule has 2 aliphatic rings. The largest absolute Gasteiger partial charge is 0.381 e. The van der Waals surface area contributed by atoms with Gasteiger partial charge in [-0.15, -0.1) is 0 Å². The number of ether oxygens (including phenoxy) is 1. The maximum absolute atomic E-state index is 12.7. The summed E-state index contributed by atoms with van der Waals surface area (Å²) in [5.41, 5.74) is -0.220. The molecule has 0 aromatic heterocycles. The van der Waals surface area contributed by atoms with E-state index in [0.717, 1.165) is 25.9 Å². The third kappa shape index (κ3) is 5.45. The van der Waals surface area contributed by atoms with Crippen LogP contribution in [0.3, 0.4) is 0 Å². The molecule has 2 fully saturated rings. The molecule has 0 saturated carbocycles. The normalized spacial score (nSPS) is 24.9. The summed E-state index contributed by atoms with van der Waals surface area (Å²) in [5, 5.41) is 6.17. The number of hydrogen-bond donors (Lipinski definition) is 2. The average molecular weight is 339 g/mol. The minimum atomic E-state index is -0.475. The standard InChI is InChI=1S/C18H33N3O3/c1-13(2)9-16(22)19-15-11-21(10-14(3)4)12-18(20-17(15)23)5-7-24-8-6-18/h13-15H,5-12H2,1-4H3,(H,19,22)(H,20,23). The molecule has 0 aliphatic carbocycles. The van der Waals surface area contributed by atoms with Gasteiger partial charge in [-0.2, -0.15) is 0 Å². The zero-order valence-electron chi connectivity index (χ0n) is 15.6. The predicted molar refractivity (Wildman–Crippen MR) is 93.6 cm³/mol. The highest BCUT2D eigenvalue weighted by Gasteiger charge is 2.41. The molecule has 2 aliphatic heterocycles. The summed E-state index contributed by atoms with van der Waals surface area (Å²) in [6.07, 6.45) is 2.12. The Kier molecular flexibility index (Phi) is 6.63. The first-order chi connectivity index (χ1) is 11.3. The zero-order valence-corrected chi connectivity index (χ0v) is 15.6. The van der Waals surface area contributed by atoms with Crippen LogP contribution in [0.1, 0.15) is 47.0 Å². The maximum Gasteiger partial charge on any atom is 0.244 e. The second-order valence-corrected chi connectivity index (χ2v) is 8.19. The summed E-state index contributed by atoms with van der Waals surface area (Å²) in [6.45, 7) is 12.1. The molecule has 0 aromatic rings. The van der Waals surface area contributed by atoms with Crippen LogP contribution in [-0.4, -0.2) is 61.1 Å². The zero-order chi connectivity index (χ0) is 17.7. The fraction of sp³-hybridized carbons (Fsp3) is 0.889. The highest BCUT2D eigenvalue weighted by atomic mass is 16.5. The Morgan fingerprint density at radius 2 is 1.96 bits per heavy atom. The summed E-state index contributed by atoms with van der Waals surface area (Å²) in [7, 11) is 0. The van der Waals surface area contributed by atoms with Crippen LogP contribution < -0.4 is 10.6 Å². The minimum Gasteiger partial charge on any atom is -0.381 e. The average Bonchev–Trinajstić information content (AvgIpc) is 2.55. The Morgan fingerprint density at radius 1 is 1.29 bits per heavy atom. The smallest absolute Gasteiger partial charge is 0.244 e. The molecule has 0 bridgehead atoms. The van der Waals surface area contributed by atoms with E-state index in [9.17, 15) is 9.59 Å². The SMILES string of the molecule is CC(C)CC(=O)NC1CN(CC(C)C)CC2(CCOCC2)NC1=O. The van der Waals surface area contributed by atoms with E-state index in [0.29, 0.717) is 32.1 Å². The highest BCUT2D eigenvalue weighted by molar-refractivity contribution is 5.88. The quantitative estimate of drug-likeness (QED) is 0.788. The molecule has 138 valence electrons. The number of hydrogen-bond acceptors (Lipinski definition) is 4. The van der Waals surface area contributed by atoms with Crippen molar-refractivity contribution in [3.63, 3.8) is 0 Å². The van der Waals surface area contributed by atoms with Crippen molar-refractivity contribution in [2.24, 2.45) is 11.8 Å². The Morgan fingerprint density at radius 3 is 2.54 bits per heavy atom. The van der Waals surface area contributed by atoms with Crippen molar-refractivity contribution in [1.29, 1.82) is 0 Å². The molecule has 0 aromatic carbocycles. The van der Waals surface area contributed by atoms with Gasteiger partial charge in [-0.05, 0) is 24.7 Å². The second-order valence-electron chi connectivity index (χ2n) is 8.19. The van der Waals surface area contributed by atoms with Gasteiger partial charge in [-0.1, -0.05) is 27.7 Å². The number of rotatable bonds is 5. The molecule has 2 heterocycles. The molecule has 2 saturated heterocycles. The lowest BCUT2D eigenvalue weighted by Gasteiger charge is -2.39. The van der Waals surface area contributed by atoms with Crippen molar-refractivity contribution in [3.8, 4) is 0 Å². The number of carbonyl (C=O) groups is 2. The topological polar surface area (TPSA) is 70.7 Å². The molecule has 1 spiro atoms. The van der Waals surface area contributed by atoms with Gasteiger partial charge in [-0.3, -0.25) is 14.5 Å². The first kappa shape index (κ1) is 19.2. The van der Waals surface area contributed by atoms with Gasteiger partial charge in [0.15, 0.2) is 0 Å². The van der Waals surface area contributed by atoms with E-state index in [1.807, 2.05) is 13.8 Å². The summed E-state index contributed by atoms with van der Waals surface area (Å²) in [6, 6.07) is -0.475. The molecule has 1 atom stereocenters. The second kappa shape index (κ2) is 8.30. The van der Waals surface area contributed by atoms with Gasteiger partial charge < -0.3 is 15.4 Å². The van der Waals surface area contributed by atoms with Gasteiger partial charge in [-0.25, -0.2) is 0 Å². The Bertz CT molecular complexity index is 445. The van der Waals surface area contributed by atoms with Crippen LogP contribution in [0.25, 0.3) is 0 Å². The minimum absolute atomic E-state index is 0.0439. The molecule has 6 nitrogen and oxygen atoms in total. The van der Waals surface area contributed by atoms with Gasteiger partial charge >= 0.3 is 0 Å². The molecule has 1 unspecified atom stereocenters. The van der Waals surface area contributed by atoms with E-state index in [1.54, 1.807) is 0 Å². The van der Waals surface area contributed by atoms with Gasteiger partial charge in [0.05, 0.1) is 5.54 Å². The van der Waals surface area contributed by atoms with E-state index in [1.165, 1.54) is 0 Å². The van der Waals surface area contributed by atoms with Gasteiger partial charge in [0.25, 0.3) is 0 Å². The number of carbonyl (C=O) groups excluding carboxylic acids is 2. The number of nitrogens with one attached hydrogen (secondary N) is 2. The van der Waals surface area contributed by atoms with Crippen molar-refractivity contribution in [2.45, 2.75) is 58.5 Å². The summed E-state index contributed by atoms with van der Waals surface area (Å²) in [4.78, 5) is 27.2. The molecule has 2 N–H and O–H groups in total. The lowest BCUT2D eigenvalue weighted by Crippen LogP contribution is -2.57. The van der Waals surface area contributed by atoms with Gasteiger partial charge in [0.1, 0.15) is 6.04 Å². The summed E-state index contributed by atoms with van der Waals surface area (Å²) < 4.78 is 5.48. The van der Waals surface area contributed by atoms with Crippen molar-refractivity contribution in [2.75, 3.05) is 32.8 Å². The molecule has 2 amide bonds. The van der Waals surface area contributed by atoms with Crippen LogP contribution in [0, 0.1) is 11.8 Å². The van der Waals surface area contributed by atoms with Crippen molar-refractivity contribution in [1.82, 2.24) is 15.5 Å². The highest BCUT2D eigenvalue weighted by Crippen LogP contribution is 2.25. The molecule has 6 heteroatoms. The number of amides is 2. The molecule has 24 heavy (non-hydrogen) atoms. The Labute approximate surface area is 145 Å². The predicted octanol–water partition coefficient (Wildman–Crippen LogP) is 1.15. The third-order valence-electron chi connectivity index (χ3n) is 4.67. The maximum atomic E-state index is 12.7. The monoisotopic (exact) mass is 339 g/mol. The molecule has 0 radical (unpaired) electrons. The van der Waals surface area contributed by atoms with Crippen LogP contribution in [-0.2, 0) is 14.3 Å². The summed E-state index contributed by atoms with van der Waals surface area (Å²) >= 11 is 0. The fourth-order valence-corrected chi connectivity index (χ4v) is 3.66. The molecular formula is C18H33N3O3. The van der Waals surface area contributed by atoms with E-state index in [2.05, 4.69) is 29.4 Å².